The van der Waals surface area contributed by atoms with Gasteiger partial charge in [-0.2, -0.15) is 0 Å². The summed E-state index contributed by atoms with van der Waals surface area (Å²) in [4.78, 5) is -0.254. The second kappa shape index (κ2) is 5.37. The Labute approximate surface area is 122 Å². The van der Waals surface area contributed by atoms with Crippen molar-refractivity contribution in [1.29, 1.82) is 0 Å². The van der Waals surface area contributed by atoms with E-state index in [1.807, 2.05) is 0 Å². The summed E-state index contributed by atoms with van der Waals surface area (Å²) in [5, 5.41) is 0. The van der Waals surface area contributed by atoms with E-state index in [4.69, 9.17) is 5.73 Å². The van der Waals surface area contributed by atoms with E-state index in [1.54, 1.807) is 0 Å². The van der Waals surface area contributed by atoms with Gasteiger partial charge in [-0.25, -0.2) is 17.2 Å². The van der Waals surface area contributed by atoms with Crippen LogP contribution in [0.5, 0.6) is 0 Å². The number of anilines is 2. The van der Waals surface area contributed by atoms with E-state index in [1.165, 1.54) is 12.1 Å². The fraction of sp³-hybridized carbons (Fsp3) is 0. The maximum atomic E-state index is 13.5. The molecule has 0 heterocycles. The quantitative estimate of drug-likeness (QED) is 0.824. The smallest absolute Gasteiger partial charge is 0.262 e. The van der Waals surface area contributed by atoms with Crippen molar-refractivity contribution in [3.63, 3.8) is 0 Å². The Hall–Kier alpha value is -1.67. The summed E-state index contributed by atoms with van der Waals surface area (Å²) in [5.74, 6) is -1.45. The molecule has 20 heavy (non-hydrogen) atoms. The molecule has 0 spiro atoms. The monoisotopic (exact) mass is 362 g/mol. The molecule has 8 heteroatoms. The molecule has 0 unspecified atom stereocenters. The lowest BCUT2D eigenvalue weighted by Gasteiger charge is -2.10. The molecule has 2 aromatic rings. The van der Waals surface area contributed by atoms with Gasteiger partial charge in [0.15, 0.2) is 0 Å². The lowest BCUT2D eigenvalue weighted by Crippen LogP contribution is -2.14. The van der Waals surface area contributed by atoms with Crippen molar-refractivity contribution in [3.8, 4) is 0 Å². The Morgan fingerprint density at radius 2 is 1.70 bits per heavy atom. The third-order valence-electron chi connectivity index (χ3n) is 2.45. The van der Waals surface area contributed by atoms with Crippen molar-refractivity contribution in [2.24, 2.45) is 0 Å². The van der Waals surface area contributed by atoms with Gasteiger partial charge >= 0.3 is 0 Å². The van der Waals surface area contributed by atoms with Crippen LogP contribution >= 0.6 is 15.9 Å². The molecule has 0 aliphatic rings. The van der Waals surface area contributed by atoms with Crippen molar-refractivity contribution >= 4 is 37.3 Å². The van der Waals surface area contributed by atoms with Crippen LogP contribution in [0.1, 0.15) is 0 Å². The number of nitrogen functional groups attached to an aromatic ring is 1. The van der Waals surface area contributed by atoms with E-state index in [0.29, 0.717) is 4.47 Å². The molecule has 0 aromatic heterocycles. The average Bonchev–Trinajstić information content (AvgIpc) is 2.36. The van der Waals surface area contributed by atoms with Crippen molar-refractivity contribution in [2.45, 2.75) is 4.90 Å². The fourth-order valence-electron chi connectivity index (χ4n) is 1.47. The summed E-state index contributed by atoms with van der Waals surface area (Å²) in [7, 11) is -4.05. The zero-order chi connectivity index (χ0) is 14.9. The van der Waals surface area contributed by atoms with Crippen LogP contribution in [0.25, 0.3) is 0 Å². The van der Waals surface area contributed by atoms with Crippen molar-refractivity contribution in [1.82, 2.24) is 0 Å². The van der Waals surface area contributed by atoms with Crippen molar-refractivity contribution < 1.29 is 17.2 Å². The third kappa shape index (κ3) is 3.07. The largest absolute Gasteiger partial charge is 0.396 e. The number of hydrogen-bond acceptors (Lipinski definition) is 3. The average molecular weight is 363 g/mol. The predicted octanol–water partition coefficient (Wildman–Crippen LogP) is 3.11. The van der Waals surface area contributed by atoms with Gasteiger partial charge in [0, 0.05) is 4.47 Å². The van der Waals surface area contributed by atoms with Crippen LogP contribution < -0.4 is 10.5 Å². The molecule has 0 fully saturated rings. The second-order valence-electron chi connectivity index (χ2n) is 3.91. The topological polar surface area (TPSA) is 72.2 Å². The number of nitrogens with two attached hydrogens (primary N) is 1. The number of sulfonamides is 1. The first kappa shape index (κ1) is 14.7. The number of benzene rings is 2. The summed E-state index contributed by atoms with van der Waals surface area (Å²) in [6, 6.07) is 6.77. The normalized spacial score (nSPS) is 11.3. The highest BCUT2D eigenvalue weighted by Gasteiger charge is 2.17. The predicted molar refractivity (Wildman–Crippen MR) is 75.7 cm³/mol. The SMILES string of the molecule is Nc1cc(S(=O)(=O)Nc2cc(Br)ccc2F)ccc1F. The minimum absolute atomic E-state index is 0.220. The highest BCUT2D eigenvalue weighted by Crippen LogP contribution is 2.24. The maximum Gasteiger partial charge on any atom is 0.262 e. The summed E-state index contributed by atoms with van der Waals surface area (Å²) in [5.41, 5.74) is 4.79. The first-order valence-corrected chi connectivity index (χ1v) is 7.60. The molecule has 0 aliphatic carbocycles. The van der Waals surface area contributed by atoms with Crippen LogP contribution in [0.3, 0.4) is 0 Å². The molecule has 0 saturated carbocycles. The van der Waals surface area contributed by atoms with E-state index in [-0.39, 0.29) is 16.3 Å². The van der Waals surface area contributed by atoms with Crippen LogP contribution in [0.15, 0.2) is 45.8 Å². The zero-order valence-electron chi connectivity index (χ0n) is 9.90. The van der Waals surface area contributed by atoms with Gasteiger partial charge in [-0.3, -0.25) is 4.72 Å². The number of halogens is 3. The van der Waals surface area contributed by atoms with Crippen molar-refractivity contribution in [2.75, 3.05) is 10.5 Å². The Kier molecular flexibility index (Phi) is 3.96. The lowest BCUT2D eigenvalue weighted by atomic mass is 10.3. The van der Waals surface area contributed by atoms with Gasteiger partial charge < -0.3 is 5.73 Å². The highest BCUT2D eigenvalue weighted by molar-refractivity contribution is 9.10. The van der Waals surface area contributed by atoms with Gasteiger partial charge in [-0.1, -0.05) is 15.9 Å². The van der Waals surface area contributed by atoms with Crippen LogP contribution in [0.4, 0.5) is 20.2 Å². The number of nitrogens with one attached hydrogen (secondary N) is 1. The van der Waals surface area contributed by atoms with Gasteiger partial charge in [0.2, 0.25) is 0 Å². The molecule has 2 rings (SSSR count). The molecular formula is C12H9BrF2N2O2S. The van der Waals surface area contributed by atoms with E-state index >= 15 is 0 Å². The Morgan fingerprint density at radius 3 is 2.35 bits per heavy atom. The molecule has 4 nitrogen and oxygen atoms in total. The van der Waals surface area contributed by atoms with E-state index in [9.17, 15) is 17.2 Å². The van der Waals surface area contributed by atoms with Gasteiger partial charge in [-0.15, -0.1) is 0 Å². The van der Waals surface area contributed by atoms with Crippen LogP contribution in [0.2, 0.25) is 0 Å². The molecule has 0 amide bonds. The summed E-state index contributed by atoms with van der Waals surface area (Å²) in [6.07, 6.45) is 0. The molecule has 0 saturated heterocycles. The van der Waals surface area contributed by atoms with E-state index in [0.717, 1.165) is 24.3 Å². The molecule has 3 N–H and O–H groups in total. The van der Waals surface area contributed by atoms with Crippen LogP contribution in [-0.2, 0) is 10.0 Å². The van der Waals surface area contributed by atoms with E-state index in [2.05, 4.69) is 20.7 Å². The summed E-state index contributed by atoms with van der Waals surface area (Å²) in [6.45, 7) is 0. The standard InChI is InChI=1S/C12H9BrF2N2O2S/c13-7-1-3-10(15)12(5-7)17-20(18,19)8-2-4-9(14)11(16)6-8/h1-6,17H,16H2. The first-order valence-electron chi connectivity index (χ1n) is 5.32. The number of rotatable bonds is 3. The zero-order valence-corrected chi connectivity index (χ0v) is 12.3. The molecular weight excluding hydrogens is 354 g/mol. The maximum absolute atomic E-state index is 13.5. The second-order valence-corrected chi connectivity index (χ2v) is 6.51. The third-order valence-corrected chi connectivity index (χ3v) is 4.31. The van der Waals surface area contributed by atoms with Gasteiger partial charge in [0.05, 0.1) is 16.3 Å². The first-order chi connectivity index (χ1) is 9.29. The molecule has 0 radical (unpaired) electrons. The fourth-order valence-corrected chi connectivity index (χ4v) is 2.92. The Bertz CT molecular complexity index is 766. The molecule has 0 atom stereocenters. The minimum atomic E-state index is -4.05. The lowest BCUT2D eigenvalue weighted by molar-refractivity contribution is 0.597. The highest BCUT2D eigenvalue weighted by atomic mass is 79.9. The van der Waals surface area contributed by atoms with Crippen LogP contribution in [0, 0.1) is 11.6 Å². The van der Waals surface area contributed by atoms with Gasteiger partial charge in [0.1, 0.15) is 11.6 Å². The van der Waals surface area contributed by atoms with Gasteiger partial charge in [-0.05, 0) is 36.4 Å². The Balaban J connectivity index is 2.40. The molecule has 2 aromatic carbocycles. The summed E-state index contributed by atoms with van der Waals surface area (Å²) < 4.78 is 53.3. The van der Waals surface area contributed by atoms with E-state index < -0.39 is 21.7 Å². The minimum Gasteiger partial charge on any atom is -0.396 e. The van der Waals surface area contributed by atoms with Crippen LogP contribution in [-0.4, -0.2) is 8.42 Å². The van der Waals surface area contributed by atoms with Gasteiger partial charge in [0.25, 0.3) is 10.0 Å². The number of hydrogen-bond donors (Lipinski definition) is 2. The molecule has 106 valence electrons. The molecule has 0 bridgehead atoms. The van der Waals surface area contributed by atoms with Crippen molar-refractivity contribution in [3.05, 3.63) is 52.5 Å². The summed E-state index contributed by atoms with van der Waals surface area (Å²) >= 11 is 3.11. The molecule has 0 aliphatic heterocycles. The Morgan fingerprint density at radius 1 is 1.05 bits per heavy atom.